The number of nitrogens with one attached hydrogen (secondary N) is 1. The van der Waals surface area contributed by atoms with E-state index in [0.29, 0.717) is 27.4 Å². The highest BCUT2D eigenvalue weighted by Gasteiger charge is 2.29. The van der Waals surface area contributed by atoms with Crippen molar-refractivity contribution in [3.63, 3.8) is 0 Å². The molecule has 2 N–H and O–H groups in total. The highest BCUT2D eigenvalue weighted by atomic mass is 32.1. The predicted octanol–water partition coefficient (Wildman–Crippen LogP) is 6.14. The Kier molecular flexibility index (Phi) is 8.05. The minimum Gasteiger partial charge on any atom is -0.385 e. The first-order valence-corrected chi connectivity index (χ1v) is 14.9. The Balaban J connectivity index is 1.12. The number of halogens is 3. The second-order valence-electron chi connectivity index (χ2n) is 10.9. The average molecular weight is 606 g/mol. The molecule has 1 aliphatic rings. The smallest absolute Gasteiger partial charge is 0.385 e. The van der Waals surface area contributed by atoms with Crippen molar-refractivity contribution in [2.24, 2.45) is 0 Å². The van der Waals surface area contributed by atoms with Gasteiger partial charge in [0.25, 0.3) is 0 Å². The number of benzene rings is 1. The maximum absolute atomic E-state index is 12.9. The number of aromatic nitrogens is 4. The third-order valence-corrected chi connectivity index (χ3v) is 9.09. The maximum atomic E-state index is 12.9. The molecule has 12 heteroatoms. The van der Waals surface area contributed by atoms with Crippen LogP contribution in [0, 0.1) is 18.3 Å². The zero-order valence-electron chi connectivity index (χ0n) is 23.5. The summed E-state index contributed by atoms with van der Waals surface area (Å²) in [6.07, 6.45) is -1.29. The zero-order chi connectivity index (χ0) is 30.1. The van der Waals surface area contributed by atoms with Crippen LogP contribution in [0.15, 0.2) is 55.0 Å². The van der Waals surface area contributed by atoms with Crippen LogP contribution < -0.4 is 5.32 Å². The number of hydrogen-bond acceptors (Lipinski definition) is 8. The fourth-order valence-corrected chi connectivity index (χ4v) is 6.82. The third-order valence-electron chi connectivity index (χ3n) is 8.04. The number of aliphatic hydroxyl groups is 1. The van der Waals surface area contributed by atoms with Gasteiger partial charge in [-0.2, -0.15) is 18.4 Å². The summed E-state index contributed by atoms with van der Waals surface area (Å²) < 4.78 is 40.6. The van der Waals surface area contributed by atoms with Gasteiger partial charge in [-0.1, -0.05) is 12.1 Å². The molecular weight excluding hydrogens is 575 g/mol. The lowest BCUT2D eigenvalue weighted by atomic mass is 10.0. The topological polar surface area (TPSA) is 103 Å². The molecule has 8 nitrogen and oxygen atoms in total. The molecule has 1 saturated heterocycles. The summed E-state index contributed by atoms with van der Waals surface area (Å²) in [6.45, 7) is 4.78. The Morgan fingerprint density at radius 2 is 1.93 bits per heavy atom. The van der Waals surface area contributed by atoms with Crippen molar-refractivity contribution >= 4 is 38.3 Å². The molecule has 0 radical (unpaired) electrons. The van der Waals surface area contributed by atoms with Gasteiger partial charge in [-0.15, -0.1) is 11.3 Å². The van der Waals surface area contributed by atoms with E-state index in [-0.39, 0.29) is 17.5 Å². The largest absolute Gasteiger partial charge is 0.393 e. The molecule has 0 aliphatic carbocycles. The van der Waals surface area contributed by atoms with E-state index in [2.05, 4.69) is 44.2 Å². The number of thiophene rings is 1. The van der Waals surface area contributed by atoms with Gasteiger partial charge < -0.3 is 15.0 Å². The standard InChI is InChI=1S/C31H30F3N7OS/c1-19-20(5-6-27-24(19)12-22(15-35)41(27)17-28(42)26-4-2-3-9-36-26)16-40-10-7-21(8-11-40)39-29-25-13-23(14-31(32,33)34)43-30(25)38-18-37-29/h2-6,9,12-13,18,21,28,42H,7-8,10-11,14,16-17H2,1H3,(H,37,38,39). The Labute approximate surface area is 250 Å². The molecule has 0 saturated carbocycles. The molecular formula is C31H30F3N7OS. The summed E-state index contributed by atoms with van der Waals surface area (Å²) in [5.41, 5.74) is 4.24. The van der Waals surface area contributed by atoms with E-state index in [1.165, 1.54) is 11.9 Å². The minimum absolute atomic E-state index is 0.154. The van der Waals surface area contributed by atoms with Crippen LogP contribution >= 0.6 is 11.3 Å². The molecule has 5 heterocycles. The second-order valence-corrected chi connectivity index (χ2v) is 12.1. The number of nitrogens with zero attached hydrogens (tertiary/aromatic N) is 6. The van der Waals surface area contributed by atoms with Crippen LogP contribution in [0.1, 0.15) is 46.3 Å². The van der Waals surface area contributed by atoms with Crippen LogP contribution in [0.4, 0.5) is 19.0 Å². The van der Waals surface area contributed by atoms with Gasteiger partial charge >= 0.3 is 6.18 Å². The van der Waals surface area contributed by atoms with Gasteiger partial charge in [-0.3, -0.25) is 9.88 Å². The monoisotopic (exact) mass is 605 g/mol. The highest BCUT2D eigenvalue weighted by Crippen LogP contribution is 2.34. The number of likely N-dealkylation sites (tertiary alicyclic amines) is 1. The van der Waals surface area contributed by atoms with Gasteiger partial charge in [0.1, 0.15) is 34.8 Å². The van der Waals surface area contributed by atoms with Crippen molar-refractivity contribution in [3.8, 4) is 6.07 Å². The van der Waals surface area contributed by atoms with Crippen LogP contribution in [-0.4, -0.2) is 54.8 Å². The lowest BCUT2D eigenvalue weighted by Crippen LogP contribution is -2.39. The Hall–Kier alpha value is -4.05. The van der Waals surface area contributed by atoms with Gasteiger partial charge in [-0.25, -0.2) is 9.97 Å². The van der Waals surface area contributed by atoms with E-state index in [0.717, 1.165) is 60.3 Å². The number of hydrogen-bond donors (Lipinski definition) is 2. The van der Waals surface area contributed by atoms with Gasteiger partial charge in [0.05, 0.1) is 24.0 Å². The fraction of sp³-hybridized carbons (Fsp3) is 0.355. The number of anilines is 1. The predicted molar refractivity (Wildman–Crippen MR) is 160 cm³/mol. The molecule has 222 valence electrons. The average Bonchev–Trinajstić information content (AvgIpc) is 3.56. The summed E-state index contributed by atoms with van der Waals surface area (Å²) in [4.78, 5) is 15.9. The number of fused-ring (bicyclic) bond motifs is 2. The Morgan fingerprint density at radius 3 is 2.65 bits per heavy atom. The summed E-state index contributed by atoms with van der Waals surface area (Å²) >= 11 is 1.06. The van der Waals surface area contributed by atoms with E-state index < -0.39 is 18.7 Å². The van der Waals surface area contributed by atoms with Crippen molar-refractivity contribution in [2.45, 2.75) is 57.6 Å². The molecule has 1 aliphatic heterocycles. The number of rotatable bonds is 8. The molecule has 5 aromatic rings. The SMILES string of the molecule is Cc1c(CN2CCC(Nc3ncnc4sc(CC(F)(F)F)cc34)CC2)ccc2c1cc(C#N)n2CC(O)c1ccccn1. The summed E-state index contributed by atoms with van der Waals surface area (Å²) in [5.74, 6) is 0.584. The number of piperidine rings is 1. The molecule has 4 aromatic heterocycles. The van der Waals surface area contributed by atoms with Crippen molar-refractivity contribution in [1.29, 1.82) is 5.26 Å². The molecule has 1 fully saturated rings. The first kappa shape index (κ1) is 29.0. The third kappa shape index (κ3) is 6.34. The van der Waals surface area contributed by atoms with Gasteiger partial charge in [0.15, 0.2) is 0 Å². The number of aliphatic hydroxyl groups excluding tert-OH is 1. The van der Waals surface area contributed by atoms with Crippen LogP contribution in [-0.2, 0) is 19.5 Å². The van der Waals surface area contributed by atoms with Crippen LogP contribution in [0.2, 0.25) is 0 Å². The Bertz CT molecular complexity index is 1790. The normalized spacial score (nSPS) is 15.6. The molecule has 0 amide bonds. The highest BCUT2D eigenvalue weighted by molar-refractivity contribution is 7.18. The van der Waals surface area contributed by atoms with E-state index >= 15 is 0 Å². The van der Waals surface area contributed by atoms with E-state index in [1.54, 1.807) is 24.4 Å². The fourth-order valence-electron chi connectivity index (χ4n) is 5.80. The van der Waals surface area contributed by atoms with E-state index in [1.807, 2.05) is 22.8 Å². The lowest BCUT2D eigenvalue weighted by molar-refractivity contribution is -0.126. The van der Waals surface area contributed by atoms with Crippen LogP contribution in [0.3, 0.4) is 0 Å². The van der Waals surface area contributed by atoms with E-state index in [4.69, 9.17) is 0 Å². The van der Waals surface area contributed by atoms with Gasteiger partial charge in [-0.05, 0) is 61.2 Å². The Morgan fingerprint density at radius 1 is 1.12 bits per heavy atom. The first-order valence-electron chi connectivity index (χ1n) is 14.1. The molecule has 1 atom stereocenters. The summed E-state index contributed by atoms with van der Waals surface area (Å²) in [5, 5.41) is 25.7. The molecule has 1 aromatic carbocycles. The van der Waals surface area contributed by atoms with Gasteiger partial charge in [0.2, 0.25) is 0 Å². The summed E-state index contributed by atoms with van der Waals surface area (Å²) in [7, 11) is 0. The molecule has 0 spiro atoms. The maximum Gasteiger partial charge on any atom is 0.393 e. The summed E-state index contributed by atoms with van der Waals surface area (Å²) in [6, 6.07) is 15.4. The first-order chi connectivity index (χ1) is 20.7. The van der Waals surface area contributed by atoms with Crippen molar-refractivity contribution in [2.75, 3.05) is 18.4 Å². The molecule has 43 heavy (non-hydrogen) atoms. The van der Waals surface area contributed by atoms with Crippen molar-refractivity contribution in [3.05, 3.63) is 82.4 Å². The number of aryl methyl sites for hydroxylation is 1. The zero-order valence-corrected chi connectivity index (χ0v) is 24.3. The van der Waals surface area contributed by atoms with E-state index in [9.17, 15) is 23.5 Å². The second kappa shape index (κ2) is 11.9. The van der Waals surface area contributed by atoms with Gasteiger partial charge in [0, 0.05) is 47.7 Å². The number of alkyl halides is 3. The quantitative estimate of drug-likeness (QED) is 0.219. The van der Waals surface area contributed by atoms with Crippen LogP contribution in [0.25, 0.3) is 21.1 Å². The number of pyridine rings is 1. The molecule has 6 rings (SSSR count). The minimum atomic E-state index is -4.26. The lowest BCUT2D eigenvalue weighted by Gasteiger charge is -2.33. The van der Waals surface area contributed by atoms with Crippen LogP contribution in [0.5, 0.6) is 0 Å². The molecule has 1 unspecified atom stereocenters. The number of nitriles is 1. The molecule has 0 bridgehead atoms. The van der Waals surface area contributed by atoms with Crippen molar-refractivity contribution < 1.29 is 18.3 Å². The van der Waals surface area contributed by atoms with Crippen molar-refractivity contribution in [1.82, 2.24) is 24.4 Å².